The molecule has 0 bridgehead atoms. The van der Waals surface area contributed by atoms with Crippen LogP contribution in [0.5, 0.6) is 0 Å². The average molecular weight is 441 g/mol. The lowest BCUT2D eigenvalue weighted by molar-refractivity contribution is -0.154. The van der Waals surface area contributed by atoms with E-state index < -0.39 is 11.2 Å². The van der Waals surface area contributed by atoms with E-state index in [0.29, 0.717) is 79.3 Å². The summed E-state index contributed by atoms with van der Waals surface area (Å²) in [5.41, 5.74) is -1.29. The molecular weight excluding hydrogens is 400 g/mol. The van der Waals surface area contributed by atoms with Crippen LogP contribution in [-0.4, -0.2) is 127 Å². The third-order valence-corrected chi connectivity index (χ3v) is 4.20. The summed E-state index contributed by atoms with van der Waals surface area (Å²) < 4.78 is 45.2. The summed E-state index contributed by atoms with van der Waals surface area (Å²) in [5, 5.41) is 17.8. The van der Waals surface area contributed by atoms with Gasteiger partial charge in [0.25, 0.3) is 0 Å². The third-order valence-electron chi connectivity index (χ3n) is 4.20. The molecule has 1 aliphatic rings. The molecule has 0 aromatic heterocycles. The van der Waals surface area contributed by atoms with Crippen LogP contribution in [0.1, 0.15) is 13.8 Å². The van der Waals surface area contributed by atoms with Gasteiger partial charge in [0, 0.05) is 0 Å². The van der Waals surface area contributed by atoms with Crippen LogP contribution >= 0.6 is 0 Å². The van der Waals surface area contributed by atoms with Gasteiger partial charge in [0.15, 0.2) is 0 Å². The SMILES string of the molecule is C[C@]1(COCCO)COCCOCCOC[C@](C)(COCCO)OCCOCCO1. The summed E-state index contributed by atoms with van der Waals surface area (Å²) in [6.45, 7) is 8.77. The lowest BCUT2D eigenvalue weighted by Crippen LogP contribution is -2.42. The van der Waals surface area contributed by atoms with Gasteiger partial charge in [-0.05, 0) is 13.8 Å². The van der Waals surface area contributed by atoms with Gasteiger partial charge in [0.2, 0.25) is 0 Å². The lowest BCUT2D eigenvalue weighted by Gasteiger charge is -2.30. The van der Waals surface area contributed by atoms with Crippen LogP contribution in [0.3, 0.4) is 0 Å². The first-order valence-electron chi connectivity index (χ1n) is 10.5. The van der Waals surface area contributed by atoms with Crippen molar-refractivity contribution in [2.45, 2.75) is 25.0 Å². The Balaban J connectivity index is 2.50. The van der Waals surface area contributed by atoms with Crippen LogP contribution in [-0.2, 0) is 37.9 Å². The van der Waals surface area contributed by atoms with Crippen molar-refractivity contribution in [1.82, 2.24) is 0 Å². The molecule has 1 fully saturated rings. The predicted octanol–water partition coefficient (Wildman–Crippen LogP) is -0.365. The summed E-state index contributed by atoms with van der Waals surface area (Å²) in [6.07, 6.45) is 0. The summed E-state index contributed by atoms with van der Waals surface area (Å²) in [4.78, 5) is 0. The molecule has 0 saturated carbocycles. The Morgan fingerprint density at radius 3 is 1.37 bits per heavy atom. The molecule has 180 valence electrons. The zero-order chi connectivity index (χ0) is 22.0. The van der Waals surface area contributed by atoms with Crippen molar-refractivity contribution < 1.29 is 48.1 Å². The lowest BCUT2D eigenvalue weighted by atomic mass is 10.1. The van der Waals surface area contributed by atoms with Gasteiger partial charge in [-0.3, -0.25) is 0 Å². The van der Waals surface area contributed by atoms with Crippen molar-refractivity contribution in [3.05, 3.63) is 0 Å². The Morgan fingerprint density at radius 1 is 0.600 bits per heavy atom. The summed E-state index contributed by atoms with van der Waals surface area (Å²) in [5.74, 6) is 0. The zero-order valence-electron chi connectivity index (χ0n) is 18.5. The van der Waals surface area contributed by atoms with Crippen LogP contribution in [0.2, 0.25) is 0 Å². The molecule has 0 aliphatic carbocycles. The third kappa shape index (κ3) is 13.8. The van der Waals surface area contributed by atoms with Gasteiger partial charge in [-0.2, -0.15) is 0 Å². The van der Waals surface area contributed by atoms with Crippen molar-refractivity contribution in [2.75, 3.05) is 106 Å². The fraction of sp³-hybridized carbons (Fsp3) is 1.00. The molecule has 1 rings (SSSR count). The highest BCUT2D eigenvalue weighted by atomic mass is 16.6. The molecular formula is C20H40O10. The summed E-state index contributed by atoms with van der Waals surface area (Å²) >= 11 is 0. The average Bonchev–Trinajstić information content (AvgIpc) is 2.72. The van der Waals surface area contributed by atoms with E-state index >= 15 is 0 Å². The minimum absolute atomic E-state index is 0.0417. The smallest absolute Gasteiger partial charge is 0.112 e. The Bertz CT molecular complexity index is 366. The Hall–Kier alpha value is -0.400. The van der Waals surface area contributed by atoms with Gasteiger partial charge in [-0.15, -0.1) is 0 Å². The molecule has 1 saturated heterocycles. The minimum Gasteiger partial charge on any atom is -0.394 e. The predicted molar refractivity (Wildman–Crippen MR) is 108 cm³/mol. The molecule has 10 heteroatoms. The van der Waals surface area contributed by atoms with Crippen LogP contribution in [0.25, 0.3) is 0 Å². The molecule has 1 heterocycles. The van der Waals surface area contributed by atoms with Crippen LogP contribution < -0.4 is 0 Å². The zero-order valence-corrected chi connectivity index (χ0v) is 18.5. The molecule has 0 amide bonds. The minimum atomic E-state index is -0.647. The molecule has 1 aliphatic heterocycles. The van der Waals surface area contributed by atoms with E-state index in [1.54, 1.807) is 0 Å². The maximum Gasteiger partial charge on any atom is 0.112 e. The van der Waals surface area contributed by atoms with Gasteiger partial charge >= 0.3 is 0 Å². The van der Waals surface area contributed by atoms with Gasteiger partial charge in [0.1, 0.15) is 11.2 Å². The van der Waals surface area contributed by atoms with E-state index in [1.807, 2.05) is 13.8 Å². The Kier molecular flexibility index (Phi) is 15.8. The van der Waals surface area contributed by atoms with Gasteiger partial charge < -0.3 is 48.1 Å². The summed E-state index contributed by atoms with van der Waals surface area (Å²) in [7, 11) is 0. The van der Waals surface area contributed by atoms with Crippen molar-refractivity contribution in [1.29, 1.82) is 0 Å². The van der Waals surface area contributed by atoms with Crippen molar-refractivity contribution in [3.63, 3.8) is 0 Å². The largest absolute Gasteiger partial charge is 0.394 e. The highest BCUT2D eigenvalue weighted by Crippen LogP contribution is 2.14. The number of ether oxygens (including phenoxy) is 8. The quantitative estimate of drug-likeness (QED) is 0.485. The molecule has 30 heavy (non-hydrogen) atoms. The van der Waals surface area contributed by atoms with E-state index in [4.69, 9.17) is 48.1 Å². The maximum absolute atomic E-state index is 8.90. The second kappa shape index (κ2) is 17.2. The highest BCUT2D eigenvalue weighted by molar-refractivity contribution is 4.76. The van der Waals surface area contributed by atoms with Crippen molar-refractivity contribution >= 4 is 0 Å². The molecule has 2 atom stereocenters. The maximum atomic E-state index is 8.90. The standard InChI is InChI=1S/C20H40O10/c1-19(15-25-5-3-21)17-27-9-7-23-8-10-28-18-20(2,16-26-6-4-22)30-14-12-24-11-13-29-19/h21-22H,3-18H2,1-2H3/t19-,20-/m0/s1. The Labute approximate surface area is 179 Å². The highest BCUT2D eigenvalue weighted by Gasteiger charge is 2.27. The van der Waals surface area contributed by atoms with E-state index in [2.05, 4.69) is 0 Å². The van der Waals surface area contributed by atoms with Crippen molar-refractivity contribution in [3.8, 4) is 0 Å². The molecule has 0 unspecified atom stereocenters. The second-order valence-electron chi connectivity index (χ2n) is 7.48. The Morgan fingerprint density at radius 2 is 0.967 bits per heavy atom. The fourth-order valence-electron chi connectivity index (χ4n) is 2.67. The number of hydrogen-bond acceptors (Lipinski definition) is 10. The fourth-order valence-corrected chi connectivity index (χ4v) is 2.67. The number of aliphatic hydroxyl groups is 2. The van der Waals surface area contributed by atoms with Crippen LogP contribution in [0, 0.1) is 0 Å². The van der Waals surface area contributed by atoms with Gasteiger partial charge in [-0.25, -0.2) is 0 Å². The summed E-state index contributed by atoms with van der Waals surface area (Å²) in [6, 6.07) is 0. The first-order chi connectivity index (χ1) is 14.5. The molecule has 0 radical (unpaired) electrons. The van der Waals surface area contributed by atoms with E-state index in [9.17, 15) is 0 Å². The van der Waals surface area contributed by atoms with E-state index in [1.165, 1.54) is 0 Å². The molecule has 2 N–H and O–H groups in total. The second-order valence-corrected chi connectivity index (χ2v) is 7.48. The topological polar surface area (TPSA) is 114 Å². The van der Waals surface area contributed by atoms with Gasteiger partial charge in [-0.1, -0.05) is 0 Å². The normalized spacial score (nSPS) is 29.2. The number of hydrogen-bond donors (Lipinski definition) is 2. The first kappa shape index (κ1) is 27.6. The molecule has 0 spiro atoms. The van der Waals surface area contributed by atoms with Crippen LogP contribution in [0.15, 0.2) is 0 Å². The molecule has 0 aromatic rings. The molecule has 0 aromatic carbocycles. The molecule has 10 nitrogen and oxygen atoms in total. The number of rotatable bonds is 8. The van der Waals surface area contributed by atoms with E-state index in [-0.39, 0.29) is 26.4 Å². The first-order valence-corrected chi connectivity index (χ1v) is 10.5. The number of aliphatic hydroxyl groups excluding tert-OH is 2. The van der Waals surface area contributed by atoms with Crippen LogP contribution in [0.4, 0.5) is 0 Å². The van der Waals surface area contributed by atoms with Gasteiger partial charge in [0.05, 0.1) is 106 Å². The van der Waals surface area contributed by atoms with E-state index in [0.717, 1.165) is 0 Å². The monoisotopic (exact) mass is 440 g/mol. The van der Waals surface area contributed by atoms with Crippen molar-refractivity contribution in [2.24, 2.45) is 0 Å².